The van der Waals surface area contributed by atoms with E-state index in [1.54, 1.807) is 0 Å². The summed E-state index contributed by atoms with van der Waals surface area (Å²) in [4.78, 5) is 15.0. The van der Waals surface area contributed by atoms with Crippen LogP contribution in [0.3, 0.4) is 0 Å². The molecule has 0 spiro atoms. The van der Waals surface area contributed by atoms with Crippen molar-refractivity contribution in [3.8, 4) is 0 Å². The Balaban J connectivity index is 0.00000264. The zero-order valence-corrected chi connectivity index (χ0v) is 15.1. The molecule has 1 aromatic carbocycles. The Hall–Kier alpha value is -1.26. The fourth-order valence-electron chi connectivity index (χ4n) is 3.41. The standard InChI is InChI=1S/C18H29N3O.ClH/c1-3-21(4-2)17(22)18(11-6-5-7-12-18)20-14-15-9-8-10-16(19)13-15;/h8-10,13,20H,3-7,11-12,14,19H2,1-2H3;1H. The summed E-state index contributed by atoms with van der Waals surface area (Å²) in [5, 5.41) is 3.58. The molecule has 4 nitrogen and oxygen atoms in total. The van der Waals surface area contributed by atoms with E-state index in [9.17, 15) is 4.79 Å². The average molecular weight is 340 g/mol. The molecule has 0 unspecified atom stereocenters. The maximum atomic E-state index is 13.0. The molecule has 0 saturated heterocycles. The van der Waals surface area contributed by atoms with Gasteiger partial charge >= 0.3 is 0 Å². The first-order chi connectivity index (χ1) is 10.6. The van der Waals surface area contributed by atoms with Gasteiger partial charge in [-0.1, -0.05) is 31.4 Å². The normalized spacial score (nSPS) is 16.4. The van der Waals surface area contributed by atoms with Gasteiger partial charge in [0.1, 0.15) is 0 Å². The molecule has 1 amide bonds. The Labute approximate surface area is 146 Å². The number of nitrogen functional groups attached to an aromatic ring is 1. The molecule has 2 rings (SSSR count). The minimum Gasteiger partial charge on any atom is -0.399 e. The van der Waals surface area contributed by atoms with Crippen LogP contribution < -0.4 is 11.1 Å². The Bertz CT molecular complexity index is 497. The lowest BCUT2D eigenvalue weighted by Gasteiger charge is -2.40. The number of hydrogen-bond acceptors (Lipinski definition) is 3. The van der Waals surface area contributed by atoms with Crippen molar-refractivity contribution in [2.24, 2.45) is 0 Å². The predicted octanol–water partition coefficient (Wildman–Crippen LogP) is 3.35. The van der Waals surface area contributed by atoms with Gasteiger partial charge in [-0.15, -0.1) is 12.4 Å². The van der Waals surface area contributed by atoms with E-state index in [0.717, 1.165) is 50.0 Å². The van der Waals surface area contributed by atoms with Gasteiger partial charge in [-0.25, -0.2) is 0 Å². The largest absolute Gasteiger partial charge is 0.399 e. The summed E-state index contributed by atoms with van der Waals surface area (Å²) in [6.07, 6.45) is 5.34. The molecule has 0 heterocycles. The molecular weight excluding hydrogens is 310 g/mol. The highest BCUT2D eigenvalue weighted by atomic mass is 35.5. The summed E-state index contributed by atoms with van der Waals surface area (Å²) in [6, 6.07) is 7.89. The number of hydrogen-bond donors (Lipinski definition) is 2. The highest BCUT2D eigenvalue weighted by Gasteiger charge is 2.40. The van der Waals surface area contributed by atoms with E-state index in [1.807, 2.05) is 23.1 Å². The Morgan fingerprint density at radius 3 is 2.43 bits per heavy atom. The lowest BCUT2D eigenvalue weighted by atomic mass is 9.80. The molecule has 1 saturated carbocycles. The van der Waals surface area contributed by atoms with Crippen LogP contribution in [0, 0.1) is 0 Å². The number of anilines is 1. The van der Waals surface area contributed by atoms with Gasteiger partial charge in [0.05, 0.1) is 5.54 Å². The first-order valence-corrected chi connectivity index (χ1v) is 8.50. The SMILES string of the molecule is CCN(CC)C(=O)C1(NCc2cccc(N)c2)CCCCC1.Cl. The molecule has 1 aromatic rings. The van der Waals surface area contributed by atoms with E-state index in [4.69, 9.17) is 5.73 Å². The zero-order valence-electron chi connectivity index (χ0n) is 14.3. The minimum atomic E-state index is -0.394. The fourth-order valence-corrected chi connectivity index (χ4v) is 3.41. The Kier molecular flexibility index (Phi) is 7.86. The monoisotopic (exact) mass is 339 g/mol. The van der Waals surface area contributed by atoms with Crippen LogP contribution in [0.4, 0.5) is 5.69 Å². The van der Waals surface area contributed by atoms with Crippen molar-refractivity contribution in [2.75, 3.05) is 18.8 Å². The lowest BCUT2D eigenvalue weighted by Crippen LogP contribution is -2.58. The summed E-state index contributed by atoms with van der Waals surface area (Å²) >= 11 is 0. The molecule has 3 N–H and O–H groups in total. The summed E-state index contributed by atoms with van der Waals surface area (Å²) in [5.74, 6) is 0.265. The number of benzene rings is 1. The summed E-state index contributed by atoms with van der Waals surface area (Å²) in [5.41, 5.74) is 7.36. The lowest BCUT2D eigenvalue weighted by molar-refractivity contribution is -0.139. The van der Waals surface area contributed by atoms with Gasteiger partial charge in [0.15, 0.2) is 0 Å². The Morgan fingerprint density at radius 1 is 1.22 bits per heavy atom. The summed E-state index contributed by atoms with van der Waals surface area (Å²) in [7, 11) is 0. The smallest absolute Gasteiger partial charge is 0.242 e. The van der Waals surface area contributed by atoms with Crippen LogP contribution in [0.25, 0.3) is 0 Å². The van der Waals surface area contributed by atoms with Gasteiger partial charge in [-0.05, 0) is 44.4 Å². The molecule has 1 aliphatic carbocycles. The number of carbonyl (C=O) groups excluding carboxylic acids is 1. The molecule has 1 aliphatic rings. The number of nitrogens with one attached hydrogen (secondary N) is 1. The molecule has 0 aliphatic heterocycles. The van der Waals surface area contributed by atoms with Crippen molar-refractivity contribution < 1.29 is 4.79 Å². The van der Waals surface area contributed by atoms with Crippen LogP contribution in [-0.2, 0) is 11.3 Å². The van der Waals surface area contributed by atoms with Gasteiger partial charge in [0.25, 0.3) is 0 Å². The molecule has 1 fully saturated rings. The van der Waals surface area contributed by atoms with Crippen molar-refractivity contribution >= 4 is 24.0 Å². The average Bonchev–Trinajstić information content (AvgIpc) is 2.55. The molecule has 0 atom stereocenters. The second-order valence-electron chi connectivity index (χ2n) is 6.22. The summed E-state index contributed by atoms with van der Waals surface area (Å²) in [6.45, 7) is 6.35. The van der Waals surface area contributed by atoms with Crippen molar-refractivity contribution in [2.45, 2.75) is 58.0 Å². The zero-order chi connectivity index (χ0) is 16.0. The van der Waals surface area contributed by atoms with Crippen molar-refractivity contribution in [1.29, 1.82) is 0 Å². The van der Waals surface area contributed by atoms with Crippen LogP contribution in [0.2, 0.25) is 0 Å². The van der Waals surface area contributed by atoms with Gasteiger partial charge in [0, 0.05) is 25.3 Å². The molecule has 0 aromatic heterocycles. The fraction of sp³-hybridized carbons (Fsp3) is 0.611. The second-order valence-corrected chi connectivity index (χ2v) is 6.22. The molecule has 0 bridgehead atoms. The van der Waals surface area contributed by atoms with Gasteiger partial charge in [-0.2, -0.15) is 0 Å². The maximum Gasteiger partial charge on any atom is 0.242 e. The van der Waals surface area contributed by atoms with Gasteiger partial charge in [-0.3, -0.25) is 10.1 Å². The van der Waals surface area contributed by atoms with E-state index in [1.165, 1.54) is 6.42 Å². The number of likely N-dealkylation sites (N-methyl/N-ethyl adjacent to an activating group) is 1. The quantitative estimate of drug-likeness (QED) is 0.781. The van der Waals surface area contributed by atoms with Crippen molar-refractivity contribution in [3.05, 3.63) is 29.8 Å². The topological polar surface area (TPSA) is 58.4 Å². The summed E-state index contributed by atoms with van der Waals surface area (Å²) < 4.78 is 0. The first kappa shape index (κ1) is 19.8. The highest BCUT2D eigenvalue weighted by molar-refractivity contribution is 5.86. The molecule has 0 radical (unpaired) electrons. The third-order valence-electron chi connectivity index (χ3n) is 4.75. The predicted molar refractivity (Wildman–Crippen MR) is 98.7 cm³/mol. The van der Waals surface area contributed by atoms with E-state index < -0.39 is 5.54 Å². The van der Waals surface area contributed by atoms with Crippen molar-refractivity contribution in [1.82, 2.24) is 10.2 Å². The van der Waals surface area contributed by atoms with E-state index in [-0.39, 0.29) is 18.3 Å². The number of halogens is 1. The number of rotatable bonds is 6. The van der Waals surface area contributed by atoms with E-state index in [0.29, 0.717) is 6.54 Å². The number of carbonyl (C=O) groups is 1. The van der Waals surface area contributed by atoms with Crippen LogP contribution in [0.1, 0.15) is 51.5 Å². The number of nitrogens with zero attached hydrogens (tertiary/aromatic N) is 1. The van der Waals surface area contributed by atoms with Crippen LogP contribution in [0.5, 0.6) is 0 Å². The number of amides is 1. The number of nitrogens with two attached hydrogens (primary N) is 1. The third-order valence-corrected chi connectivity index (χ3v) is 4.75. The van der Waals surface area contributed by atoms with Crippen LogP contribution >= 0.6 is 12.4 Å². The molecular formula is C18H30ClN3O. The highest BCUT2D eigenvalue weighted by Crippen LogP contribution is 2.30. The van der Waals surface area contributed by atoms with Crippen LogP contribution in [0.15, 0.2) is 24.3 Å². The second kappa shape index (κ2) is 9.14. The van der Waals surface area contributed by atoms with Crippen LogP contribution in [-0.4, -0.2) is 29.4 Å². The Morgan fingerprint density at radius 2 is 1.87 bits per heavy atom. The minimum absolute atomic E-state index is 0. The first-order valence-electron chi connectivity index (χ1n) is 8.50. The third kappa shape index (κ3) is 4.85. The molecule has 5 heteroatoms. The van der Waals surface area contributed by atoms with Gasteiger partial charge < -0.3 is 10.6 Å². The maximum absolute atomic E-state index is 13.0. The van der Waals surface area contributed by atoms with Gasteiger partial charge in [0.2, 0.25) is 5.91 Å². The van der Waals surface area contributed by atoms with E-state index in [2.05, 4.69) is 25.2 Å². The molecule has 130 valence electrons. The van der Waals surface area contributed by atoms with Crippen molar-refractivity contribution in [3.63, 3.8) is 0 Å². The molecule has 23 heavy (non-hydrogen) atoms. The van der Waals surface area contributed by atoms with E-state index >= 15 is 0 Å².